The highest BCUT2D eigenvalue weighted by atomic mass is 14.3. The highest BCUT2D eigenvalue weighted by Crippen LogP contribution is 2.37. The molecule has 0 N–H and O–H groups in total. The molecule has 2 atom stereocenters. The van der Waals surface area contributed by atoms with E-state index in [-0.39, 0.29) is 0 Å². The Hall–Kier alpha value is -1.30. The molecule has 0 radical (unpaired) electrons. The lowest BCUT2D eigenvalue weighted by Gasteiger charge is -2.28. The molecular weight excluding hydrogens is 336 g/mol. The van der Waals surface area contributed by atoms with Crippen LogP contribution in [0.2, 0.25) is 0 Å². The monoisotopic (exact) mass is 378 g/mol. The van der Waals surface area contributed by atoms with E-state index in [0.717, 1.165) is 17.8 Å². The first-order chi connectivity index (χ1) is 13.8. The van der Waals surface area contributed by atoms with Gasteiger partial charge in [0.25, 0.3) is 0 Å². The fourth-order valence-electron chi connectivity index (χ4n) is 5.15. The maximum atomic E-state index is 2.56. The summed E-state index contributed by atoms with van der Waals surface area (Å²) in [6.07, 6.45) is 26.2. The van der Waals surface area contributed by atoms with Crippen molar-refractivity contribution in [2.24, 2.45) is 17.8 Å². The fourth-order valence-corrected chi connectivity index (χ4v) is 5.15. The zero-order valence-corrected chi connectivity index (χ0v) is 18.4. The second kappa shape index (κ2) is 11.6. The Kier molecular flexibility index (Phi) is 8.90. The smallest absolute Gasteiger partial charge is 0.00531 e. The van der Waals surface area contributed by atoms with E-state index in [9.17, 15) is 0 Å². The summed E-state index contributed by atoms with van der Waals surface area (Å²) in [6.45, 7) is 4.58. The lowest BCUT2D eigenvalue weighted by Crippen LogP contribution is -2.12. The third kappa shape index (κ3) is 6.64. The van der Waals surface area contributed by atoms with Crippen molar-refractivity contribution < 1.29 is 0 Å². The molecule has 0 spiro atoms. The zero-order valence-electron chi connectivity index (χ0n) is 18.4. The molecule has 2 aliphatic rings. The molecule has 154 valence electrons. The third-order valence-electron chi connectivity index (χ3n) is 7.08. The lowest BCUT2D eigenvalue weighted by atomic mass is 9.78. The predicted octanol–water partition coefficient (Wildman–Crippen LogP) is 8.63. The van der Waals surface area contributed by atoms with Crippen LogP contribution >= 0.6 is 0 Å². The first-order valence-electron chi connectivity index (χ1n) is 12.2. The fraction of sp³-hybridized carbons (Fsp3) is 0.643. The van der Waals surface area contributed by atoms with Crippen molar-refractivity contribution in [1.82, 2.24) is 0 Å². The van der Waals surface area contributed by atoms with E-state index in [2.05, 4.69) is 62.4 Å². The number of rotatable bonds is 9. The van der Waals surface area contributed by atoms with Gasteiger partial charge in [-0.25, -0.2) is 0 Å². The minimum atomic E-state index is 0.700. The standard InChI is InChI=1S/C28H42/c1-3-5-6-8-24-15-19-27(20-16-24)28-21-17-26(18-22-28)14-13-25-11-9-23(7-4-2)10-12-25/h9,11,13-16,19-20,23,25-26,28H,3-8,10,12,17-18,21-22H2,1-2H3. The molecular formula is C28H42. The Morgan fingerprint density at radius 1 is 0.786 bits per heavy atom. The molecule has 2 aliphatic carbocycles. The molecule has 28 heavy (non-hydrogen) atoms. The van der Waals surface area contributed by atoms with Gasteiger partial charge in [-0.05, 0) is 92.6 Å². The Morgan fingerprint density at radius 3 is 2.21 bits per heavy atom. The minimum absolute atomic E-state index is 0.700. The van der Waals surface area contributed by atoms with Crippen molar-refractivity contribution in [3.8, 4) is 0 Å². The lowest BCUT2D eigenvalue weighted by molar-refractivity contribution is 0.374. The van der Waals surface area contributed by atoms with Crippen molar-refractivity contribution in [3.05, 3.63) is 59.7 Å². The van der Waals surface area contributed by atoms with Crippen LogP contribution in [-0.2, 0) is 6.42 Å². The Morgan fingerprint density at radius 2 is 1.57 bits per heavy atom. The van der Waals surface area contributed by atoms with Crippen molar-refractivity contribution in [2.75, 3.05) is 0 Å². The quantitative estimate of drug-likeness (QED) is 0.298. The number of hydrogen-bond donors (Lipinski definition) is 0. The third-order valence-corrected chi connectivity index (χ3v) is 7.08. The summed E-state index contributed by atoms with van der Waals surface area (Å²) in [5, 5.41) is 0. The minimum Gasteiger partial charge on any atom is -0.0848 e. The Balaban J connectivity index is 1.41. The normalized spacial score (nSPS) is 28.1. The van der Waals surface area contributed by atoms with Crippen molar-refractivity contribution in [2.45, 2.75) is 96.8 Å². The van der Waals surface area contributed by atoms with Gasteiger partial charge in [0.05, 0.1) is 0 Å². The number of benzene rings is 1. The molecule has 0 aromatic heterocycles. The van der Waals surface area contributed by atoms with Gasteiger partial charge in [-0.1, -0.05) is 81.7 Å². The van der Waals surface area contributed by atoms with Gasteiger partial charge in [0.15, 0.2) is 0 Å². The van der Waals surface area contributed by atoms with Crippen LogP contribution in [0.1, 0.15) is 102 Å². The average Bonchev–Trinajstić information content (AvgIpc) is 2.75. The van der Waals surface area contributed by atoms with Crippen LogP contribution in [0.15, 0.2) is 48.6 Å². The van der Waals surface area contributed by atoms with E-state index < -0.39 is 0 Å². The van der Waals surface area contributed by atoms with Gasteiger partial charge in [-0.2, -0.15) is 0 Å². The van der Waals surface area contributed by atoms with Gasteiger partial charge in [0, 0.05) is 0 Å². The summed E-state index contributed by atoms with van der Waals surface area (Å²) in [7, 11) is 0. The van der Waals surface area contributed by atoms with E-state index in [1.54, 1.807) is 5.56 Å². The first kappa shape index (κ1) is 21.4. The summed E-state index contributed by atoms with van der Waals surface area (Å²) in [5.41, 5.74) is 3.11. The van der Waals surface area contributed by atoms with Gasteiger partial charge < -0.3 is 0 Å². The van der Waals surface area contributed by atoms with E-state index in [1.807, 2.05) is 0 Å². The molecule has 0 amide bonds. The van der Waals surface area contributed by atoms with Gasteiger partial charge in [-0.15, -0.1) is 0 Å². The second-order valence-electron chi connectivity index (χ2n) is 9.37. The van der Waals surface area contributed by atoms with Gasteiger partial charge >= 0.3 is 0 Å². The van der Waals surface area contributed by atoms with E-state index in [0.29, 0.717) is 5.92 Å². The summed E-state index contributed by atoms with van der Waals surface area (Å²) in [4.78, 5) is 0. The van der Waals surface area contributed by atoms with E-state index in [4.69, 9.17) is 0 Å². The van der Waals surface area contributed by atoms with Gasteiger partial charge in [0.2, 0.25) is 0 Å². The largest absolute Gasteiger partial charge is 0.0848 e. The molecule has 0 aliphatic heterocycles. The molecule has 1 aromatic rings. The molecule has 1 saturated carbocycles. The highest BCUT2D eigenvalue weighted by molar-refractivity contribution is 5.26. The summed E-state index contributed by atoms with van der Waals surface area (Å²) in [6, 6.07) is 9.61. The first-order valence-corrected chi connectivity index (χ1v) is 12.2. The number of unbranched alkanes of at least 4 members (excludes halogenated alkanes) is 2. The molecule has 0 bridgehead atoms. The van der Waals surface area contributed by atoms with Crippen LogP contribution in [0.5, 0.6) is 0 Å². The van der Waals surface area contributed by atoms with Crippen molar-refractivity contribution in [3.63, 3.8) is 0 Å². The van der Waals surface area contributed by atoms with Crippen LogP contribution in [0, 0.1) is 17.8 Å². The molecule has 1 aromatic carbocycles. The van der Waals surface area contributed by atoms with Crippen LogP contribution < -0.4 is 0 Å². The SMILES string of the molecule is CCCCCc1ccc(C2CCC(C=CC3C=CC(CCC)CC3)CC2)cc1. The maximum Gasteiger partial charge on any atom is -0.00531 e. The summed E-state index contributed by atoms with van der Waals surface area (Å²) in [5.74, 6) is 3.15. The predicted molar refractivity (Wildman–Crippen MR) is 124 cm³/mol. The van der Waals surface area contributed by atoms with Crippen LogP contribution in [-0.4, -0.2) is 0 Å². The van der Waals surface area contributed by atoms with Crippen LogP contribution in [0.4, 0.5) is 0 Å². The van der Waals surface area contributed by atoms with Gasteiger partial charge in [0.1, 0.15) is 0 Å². The Bertz CT molecular complexity index is 597. The molecule has 0 nitrogen and oxygen atoms in total. The Labute approximate surface area is 174 Å². The van der Waals surface area contributed by atoms with Crippen LogP contribution in [0.25, 0.3) is 0 Å². The number of aryl methyl sites for hydroxylation is 1. The molecule has 0 heteroatoms. The maximum absolute atomic E-state index is 2.56. The van der Waals surface area contributed by atoms with E-state index in [1.165, 1.54) is 82.6 Å². The number of hydrogen-bond acceptors (Lipinski definition) is 0. The summed E-state index contributed by atoms with van der Waals surface area (Å²) >= 11 is 0. The topological polar surface area (TPSA) is 0 Å². The number of allylic oxidation sites excluding steroid dienone is 4. The van der Waals surface area contributed by atoms with Crippen molar-refractivity contribution in [1.29, 1.82) is 0 Å². The summed E-state index contributed by atoms with van der Waals surface area (Å²) < 4.78 is 0. The van der Waals surface area contributed by atoms with Gasteiger partial charge in [-0.3, -0.25) is 0 Å². The van der Waals surface area contributed by atoms with Crippen LogP contribution in [0.3, 0.4) is 0 Å². The zero-order chi connectivity index (χ0) is 19.6. The molecule has 2 unspecified atom stereocenters. The van der Waals surface area contributed by atoms with Crippen molar-refractivity contribution >= 4 is 0 Å². The van der Waals surface area contributed by atoms with E-state index >= 15 is 0 Å². The average molecular weight is 379 g/mol. The molecule has 3 rings (SSSR count). The highest BCUT2D eigenvalue weighted by Gasteiger charge is 2.21. The second-order valence-corrected chi connectivity index (χ2v) is 9.37. The molecule has 1 fully saturated rings. The molecule has 0 heterocycles. The molecule has 0 saturated heterocycles.